The lowest BCUT2D eigenvalue weighted by atomic mass is 10.1. The summed E-state index contributed by atoms with van der Waals surface area (Å²) in [6, 6.07) is 5.58. The van der Waals surface area contributed by atoms with E-state index in [0.29, 0.717) is 5.75 Å². The largest absolute Gasteiger partial charge is 0.494 e. The maximum absolute atomic E-state index is 8.92. The minimum absolute atomic E-state index is 0.259. The summed E-state index contributed by atoms with van der Waals surface area (Å²) in [6.07, 6.45) is 4.12. The van der Waals surface area contributed by atoms with Gasteiger partial charge in [-0.3, -0.25) is 0 Å². The van der Waals surface area contributed by atoms with Crippen LogP contribution in [0.3, 0.4) is 0 Å². The van der Waals surface area contributed by atoms with Crippen molar-refractivity contribution in [3.05, 3.63) is 30.4 Å². The van der Waals surface area contributed by atoms with Gasteiger partial charge in [0.15, 0.2) is 11.4 Å². The van der Waals surface area contributed by atoms with Gasteiger partial charge in [0.25, 0.3) is 0 Å². The van der Waals surface area contributed by atoms with Crippen molar-refractivity contribution in [2.24, 2.45) is 0 Å². The van der Waals surface area contributed by atoms with Crippen LogP contribution in [0.25, 0.3) is 11.3 Å². The summed E-state index contributed by atoms with van der Waals surface area (Å²) >= 11 is 0. The second-order valence-corrected chi connectivity index (χ2v) is 4.10. The lowest BCUT2D eigenvalue weighted by Gasteiger charge is -2.07. The molecule has 102 valence electrons. The smallest absolute Gasteiger partial charge is 0.182 e. The Morgan fingerprint density at radius 2 is 2.15 bits per heavy atom. The van der Waals surface area contributed by atoms with E-state index in [1.165, 1.54) is 13.4 Å². The first kappa shape index (κ1) is 13.7. The van der Waals surface area contributed by atoms with Crippen molar-refractivity contribution in [1.29, 1.82) is 5.26 Å². The van der Waals surface area contributed by atoms with E-state index in [0.717, 1.165) is 30.0 Å². The third-order valence-corrected chi connectivity index (χ3v) is 2.70. The molecule has 2 rings (SSSR count). The third-order valence-electron chi connectivity index (χ3n) is 2.70. The van der Waals surface area contributed by atoms with E-state index < -0.39 is 0 Å². The van der Waals surface area contributed by atoms with Crippen molar-refractivity contribution in [3.63, 3.8) is 0 Å². The number of rotatable bonds is 5. The van der Waals surface area contributed by atoms with Crippen LogP contribution in [-0.4, -0.2) is 28.6 Å². The highest BCUT2D eigenvalue weighted by Crippen LogP contribution is 2.24. The normalized spacial score (nSPS) is 9.85. The van der Waals surface area contributed by atoms with Gasteiger partial charge in [-0.15, -0.1) is 0 Å². The molecule has 20 heavy (non-hydrogen) atoms. The number of aromatic nitrogens is 3. The van der Waals surface area contributed by atoms with Gasteiger partial charge in [-0.1, -0.05) is 6.92 Å². The van der Waals surface area contributed by atoms with Crippen molar-refractivity contribution in [3.8, 4) is 23.1 Å². The summed E-state index contributed by atoms with van der Waals surface area (Å²) in [5, 5.41) is 12.1. The van der Waals surface area contributed by atoms with Gasteiger partial charge in [-0.2, -0.15) is 5.26 Å². The highest BCUT2D eigenvalue weighted by atomic mass is 16.5. The maximum Gasteiger partial charge on any atom is 0.182 e. The molecule has 0 unspecified atom stereocenters. The fourth-order valence-electron chi connectivity index (χ4n) is 1.69. The number of nitrogens with one attached hydrogen (secondary N) is 1. The fraction of sp³-hybridized carbons (Fsp3) is 0.286. The molecule has 0 saturated carbocycles. The van der Waals surface area contributed by atoms with Crippen LogP contribution in [0.2, 0.25) is 0 Å². The highest BCUT2D eigenvalue weighted by Gasteiger charge is 2.08. The number of methoxy groups -OCH3 is 1. The van der Waals surface area contributed by atoms with Crippen LogP contribution in [0, 0.1) is 11.3 Å². The molecule has 2 heterocycles. The summed E-state index contributed by atoms with van der Waals surface area (Å²) in [6.45, 7) is 2.94. The van der Waals surface area contributed by atoms with Gasteiger partial charge >= 0.3 is 0 Å². The van der Waals surface area contributed by atoms with Crippen LogP contribution in [0.15, 0.2) is 24.7 Å². The first-order valence-electron chi connectivity index (χ1n) is 6.29. The molecule has 0 aliphatic rings. The van der Waals surface area contributed by atoms with Gasteiger partial charge in [-0.25, -0.2) is 15.0 Å². The number of ether oxygens (including phenoxy) is 1. The Labute approximate surface area is 117 Å². The molecule has 0 amide bonds. The predicted molar refractivity (Wildman–Crippen MR) is 75.3 cm³/mol. The zero-order chi connectivity index (χ0) is 14.4. The highest BCUT2D eigenvalue weighted by molar-refractivity contribution is 5.64. The molecule has 0 atom stereocenters. The number of hydrogen-bond donors (Lipinski definition) is 1. The van der Waals surface area contributed by atoms with Crippen LogP contribution in [0.1, 0.15) is 19.0 Å². The molecular weight excluding hydrogens is 254 g/mol. The van der Waals surface area contributed by atoms with E-state index in [2.05, 4.69) is 27.2 Å². The van der Waals surface area contributed by atoms with Gasteiger partial charge in [0.1, 0.15) is 18.2 Å². The van der Waals surface area contributed by atoms with Crippen molar-refractivity contribution in [1.82, 2.24) is 15.0 Å². The molecule has 0 fully saturated rings. The molecule has 6 nitrogen and oxygen atoms in total. The molecule has 0 aliphatic heterocycles. The molecule has 0 spiro atoms. The van der Waals surface area contributed by atoms with Crippen molar-refractivity contribution in [2.45, 2.75) is 13.3 Å². The summed E-state index contributed by atoms with van der Waals surface area (Å²) < 4.78 is 5.15. The molecule has 2 aromatic heterocycles. The molecular formula is C14H15N5O. The molecule has 6 heteroatoms. The minimum Gasteiger partial charge on any atom is -0.494 e. The van der Waals surface area contributed by atoms with E-state index in [1.807, 2.05) is 12.1 Å². The number of hydrogen-bond acceptors (Lipinski definition) is 6. The molecule has 0 radical (unpaired) electrons. The summed E-state index contributed by atoms with van der Waals surface area (Å²) in [5.41, 5.74) is 1.77. The Balaban J connectivity index is 2.34. The van der Waals surface area contributed by atoms with Crippen LogP contribution in [-0.2, 0) is 0 Å². The number of nitrogens with zero attached hydrogens (tertiary/aromatic N) is 4. The van der Waals surface area contributed by atoms with E-state index in [4.69, 9.17) is 10.00 Å². The fourth-order valence-corrected chi connectivity index (χ4v) is 1.69. The molecule has 1 N–H and O–H groups in total. The summed E-state index contributed by atoms with van der Waals surface area (Å²) in [5.74, 6) is 1.20. The Kier molecular flexibility index (Phi) is 4.45. The standard InChI is InChI=1S/C14H15N5O/c1-3-4-16-14-6-11(18-9-19-14)10-5-13(20-2)12(7-15)17-8-10/h5-6,8-9H,3-4H2,1-2H3,(H,16,18,19). The summed E-state index contributed by atoms with van der Waals surface area (Å²) in [7, 11) is 1.51. The monoisotopic (exact) mass is 269 g/mol. The van der Waals surface area contributed by atoms with Gasteiger partial charge in [-0.05, 0) is 12.5 Å². The first-order valence-corrected chi connectivity index (χ1v) is 6.29. The van der Waals surface area contributed by atoms with E-state index in [9.17, 15) is 0 Å². The zero-order valence-corrected chi connectivity index (χ0v) is 11.4. The van der Waals surface area contributed by atoms with E-state index >= 15 is 0 Å². The van der Waals surface area contributed by atoms with Crippen molar-refractivity contribution < 1.29 is 4.74 Å². The van der Waals surface area contributed by atoms with Gasteiger partial charge in [0, 0.05) is 24.4 Å². The Morgan fingerprint density at radius 1 is 1.30 bits per heavy atom. The number of nitriles is 1. The van der Waals surface area contributed by atoms with Gasteiger partial charge in [0.05, 0.1) is 12.8 Å². The van der Waals surface area contributed by atoms with Crippen LogP contribution < -0.4 is 10.1 Å². The van der Waals surface area contributed by atoms with E-state index in [-0.39, 0.29) is 5.69 Å². The summed E-state index contributed by atoms with van der Waals surface area (Å²) in [4.78, 5) is 12.4. The Morgan fingerprint density at radius 3 is 2.85 bits per heavy atom. The lowest BCUT2D eigenvalue weighted by Crippen LogP contribution is -2.02. The average Bonchev–Trinajstić information content (AvgIpc) is 2.52. The predicted octanol–water partition coefficient (Wildman–Crippen LogP) is 2.24. The van der Waals surface area contributed by atoms with Gasteiger partial charge in [0.2, 0.25) is 0 Å². The Hall–Kier alpha value is -2.68. The van der Waals surface area contributed by atoms with E-state index in [1.54, 1.807) is 12.3 Å². The second-order valence-electron chi connectivity index (χ2n) is 4.10. The average molecular weight is 269 g/mol. The molecule has 0 aromatic carbocycles. The maximum atomic E-state index is 8.92. The molecule has 2 aromatic rings. The Bertz CT molecular complexity index is 636. The first-order chi connectivity index (χ1) is 9.78. The molecule has 0 bridgehead atoms. The topological polar surface area (TPSA) is 83.7 Å². The van der Waals surface area contributed by atoms with Crippen LogP contribution in [0.4, 0.5) is 5.82 Å². The minimum atomic E-state index is 0.259. The molecule has 0 saturated heterocycles. The lowest BCUT2D eigenvalue weighted by molar-refractivity contribution is 0.411. The van der Waals surface area contributed by atoms with Crippen molar-refractivity contribution >= 4 is 5.82 Å². The van der Waals surface area contributed by atoms with Gasteiger partial charge < -0.3 is 10.1 Å². The van der Waals surface area contributed by atoms with Crippen molar-refractivity contribution in [2.75, 3.05) is 19.0 Å². The quantitative estimate of drug-likeness (QED) is 0.896. The SMILES string of the molecule is CCCNc1cc(-c2cnc(C#N)c(OC)c2)ncn1. The van der Waals surface area contributed by atoms with Crippen LogP contribution >= 0.6 is 0 Å². The third kappa shape index (κ3) is 3.01. The number of anilines is 1. The molecule has 0 aliphatic carbocycles. The second kappa shape index (κ2) is 6.48. The van der Waals surface area contributed by atoms with Crippen LogP contribution in [0.5, 0.6) is 5.75 Å². The number of pyridine rings is 1. The zero-order valence-electron chi connectivity index (χ0n) is 11.4.